The quantitative estimate of drug-likeness (QED) is 0.617. The fourth-order valence-corrected chi connectivity index (χ4v) is 3.90. The Morgan fingerprint density at radius 1 is 1.24 bits per heavy atom. The monoisotopic (exact) mass is 398 g/mol. The average molecular weight is 398 g/mol. The molecule has 29 heavy (non-hydrogen) atoms. The number of pyridine rings is 1. The number of ether oxygens (including phenoxy) is 2. The van der Waals surface area contributed by atoms with Gasteiger partial charge in [0.15, 0.2) is 5.82 Å². The number of rotatable bonds is 8. The minimum atomic E-state index is -0.312. The number of tetrazole rings is 1. The molecule has 1 aromatic carbocycles. The lowest BCUT2D eigenvalue weighted by molar-refractivity contribution is 0.178. The van der Waals surface area contributed by atoms with Gasteiger partial charge in [0, 0.05) is 23.6 Å². The molecule has 154 valence electrons. The lowest BCUT2D eigenvalue weighted by Gasteiger charge is -2.26. The summed E-state index contributed by atoms with van der Waals surface area (Å²) in [5.41, 5.74) is 1.29. The summed E-state index contributed by atoms with van der Waals surface area (Å²) in [5.74, 6) is 1.44. The van der Waals surface area contributed by atoms with Gasteiger partial charge in [0.05, 0.1) is 19.8 Å². The summed E-state index contributed by atoms with van der Waals surface area (Å²) in [7, 11) is 1.64. The highest BCUT2D eigenvalue weighted by Crippen LogP contribution is 2.30. The molecule has 1 fully saturated rings. The fourth-order valence-electron chi connectivity index (χ4n) is 3.90. The van der Waals surface area contributed by atoms with Crippen LogP contribution in [0.15, 0.2) is 29.1 Å². The van der Waals surface area contributed by atoms with Crippen molar-refractivity contribution >= 4 is 10.9 Å². The van der Waals surface area contributed by atoms with Crippen molar-refractivity contribution in [1.29, 1.82) is 0 Å². The number of hydrogen-bond acceptors (Lipinski definition) is 7. The van der Waals surface area contributed by atoms with Crippen LogP contribution in [0.3, 0.4) is 0 Å². The van der Waals surface area contributed by atoms with Crippen LogP contribution in [-0.2, 0) is 11.3 Å². The first kappa shape index (κ1) is 19.5. The van der Waals surface area contributed by atoms with Gasteiger partial charge in [-0.15, -0.1) is 5.10 Å². The number of H-pyrrole nitrogens is 1. The molecule has 0 spiro atoms. The topological polar surface area (TPSA) is 98.2 Å². The molecule has 1 aliphatic rings. The van der Waals surface area contributed by atoms with E-state index in [1.807, 2.05) is 31.2 Å². The maximum absolute atomic E-state index is 13.0. The highest BCUT2D eigenvalue weighted by molar-refractivity contribution is 5.80. The molecule has 3 aromatic rings. The standard InChI is InChI=1S/C20H26N6O3/c1-3-29-15-6-7-17-14(12-15)13-16(20(27)21-17)18(25-8-4-5-9-25)19-22-23-24-26(19)10-11-28-2/h6-7,12-13,18H,3-5,8-11H2,1-2H3,(H,21,27). The molecule has 4 rings (SSSR count). The third-order valence-corrected chi connectivity index (χ3v) is 5.27. The molecule has 9 nitrogen and oxygen atoms in total. The number of nitrogens with one attached hydrogen (secondary N) is 1. The molecule has 1 N–H and O–H groups in total. The van der Waals surface area contributed by atoms with E-state index in [4.69, 9.17) is 9.47 Å². The summed E-state index contributed by atoms with van der Waals surface area (Å²) in [6.45, 7) is 5.37. The number of methoxy groups -OCH3 is 1. The maximum Gasteiger partial charge on any atom is 0.253 e. The number of likely N-dealkylation sites (tertiary alicyclic amines) is 1. The smallest absolute Gasteiger partial charge is 0.253 e. The average Bonchev–Trinajstić information content (AvgIpc) is 3.40. The molecule has 0 radical (unpaired) electrons. The van der Waals surface area contributed by atoms with E-state index in [1.165, 1.54) is 0 Å². The zero-order valence-electron chi connectivity index (χ0n) is 16.8. The van der Waals surface area contributed by atoms with Gasteiger partial charge in [0.25, 0.3) is 5.56 Å². The molecular weight excluding hydrogens is 372 g/mol. The van der Waals surface area contributed by atoms with Crippen LogP contribution in [-0.4, -0.2) is 63.5 Å². The molecule has 2 aromatic heterocycles. The van der Waals surface area contributed by atoms with Crippen molar-refractivity contribution < 1.29 is 9.47 Å². The number of nitrogens with zero attached hydrogens (tertiary/aromatic N) is 5. The van der Waals surface area contributed by atoms with Crippen LogP contribution in [0.1, 0.15) is 37.2 Å². The van der Waals surface area contributed by atoms with Gasteiger partial charge < -0.3 is 14.5 Å². The first-order chi connectivity index (χ1) is 14.2. The summed E-state index contributed by atoms with van der Waals surface area (Å²) >= 11 is 0. The number of benzene rings is 1. The van der Waals surface area contributed by atoms with Crippen molar-refractivity contribution in [3.8, 4) is 5.75 Å². The van der Waals surface area contributed by atoms with E-state index >= 15 is 0 Å². The number of aromatic amines is 1. The van der Waals surface area contributed by atoms with Crippen molar-refractivity contribution in [2.24, 2.45) is 0 Å². The van der Waals surface area contributed by atoms with E-state index in [-0.39, 0.29) is 11.6 Å². The first-order valence-corrected chi connectivity index (χ1v) is 10.00. The molecule has 0 amide bonds. The molecule has 0 saturated carbocycles. The Balaban J connectivity index is 1.82. The van der Waals surface area contributed by atoms with Crippen LogP contribution in [0.25, 0.3) is 10.9 Å². The van der Waals surface area contributed by atoms with E-state index in [9.17, 15) is 4.79 Å². The van der Waals surface area contributed by atoms with Crippen LogP contribution in [0, 0.1) is 0 Å². The van der Waals surface area contributed by atoms with Gasteiger partial charge in [-0.2, -0.15) is 0 Å². The lowest BCUT2D eigenvalue weighted by Crippen LogP contribution is -2.33. The van der Waals surface area contributed by atoms with Crippen LogP contribution in [0.4, 0.5) is 0 Å². The molecule has 1 unspecified atom stereocenters. The normalized spacial score (nSPS) is 15.8. The van der Waals surface area contributed by atoms with Crippen LogP contribution in [0.2, 0.25) is 0 Å². The predicted octanol–water partition coefficient (Wildman–Crippen LogP) is 1.74. The zero-order valence-corrected chi connectivity index (χ0v) is 16.8. The van der Waals surface area contributed by atoms with Gasteiger partial charge in [-0.3, -0.25) is 9.69 Å². The van der Waals surface area contributed by atoms with Crippen LogP contribution < -0.4 is 10.3 Å². The largest absolute Gasteiger partial charge is 0.494 e. The van der Waals surface area contributed by atoms with Gasteiger partial charge in [-0.25, -0.2) is 4.68 Å². The Kier molecular flexibility index (Phi) is 5.86. The van der Waals surface area contributed by atoms with E-state index in [0.717, 1.165) is 42.6 Å². The van der Waals surface area contributed by atoms with Crippen molar-refractivity contribution in [1.82, 2.24) is 30.1 Å². The fraction of sp³-hybridized carbons (Fsp3) is 0.500. The SMILES string of the molecule is CCOc1ccc2[nH]c(=O)c(C(c3nnnn3CCOC)N3CCCC3)cc2c1. The number of hydrogen-bond donors (Lipinski definition) is 1. The summed E-state index contributed by atoms with van der Waals surface area (Å²) < 4.78 is 12.5. The molecule has 3 heterocycles. The number of fused-ring (bicyclic) bond motifs is 1. The molecule has 1 aliphatic heterocycles. The minimum absolute atomic E-state index is 0.125. The van der Waals surface area contributed by atoms with Crippen LogP contribution >= 0.6 is 0 Å². The van der Waals surface area contributed by atoms with Gasteiger partial charge in [-0.1, -0.05) is 0 Å². The van der Waals surface area contributed by atoms with E-state index < -0.39 is 0 Å². The highest BCUT2D eigenvalue weighted by atomic mass is 16.5. The second-order valence-corrected chi connectivity index (χ2v) is 7.13. The molecule has 1 saturated heterocycles. The van der Waals surface area contributed by atoms with Gasteiger partial charge >= 0.3 is 0 Å². The molecule has 0 aliphatic carbocycles. The van der Waals surface area contributed by atoms with Crippen molar-refractivity contribution in [2.45, 2.75) is 32.4 Å². The Morgan fingerprint density at radius 2 is 2.07 bits per heavy atom. The summed E-state index contributed by atoms with van der Waals surface area (Å²) in [6.07, 6.45) is 2.19. The lowest BCUT2D eigenvalue weighted by atomic mass is 10.0. The molecular formula is C20H26N6O3. The minimum Gasteiger partial charge on any atom is -0.494 e. The Labute approximate surface area is 168 Å². The van der Waals surface area contributed by atoms with Gasteiger partial charge in [0.2, 0.25) is 0 Å². The number of aromatic nitrogens is 5. The summed E-state index contributed by atoms with van der Waals surface area (Å²) in [6, 6.07) is 7.32. The zero-order chi connectivity index (χ0) is 20.2. The van der Waals surface area contributed by atoms with Crippen molar-refractivity contribution in [2.75, 3.05) is 33.4 Å². The molecule has 1 atom stereocenters. The van der Waals surface area contributed by atoms with E-state index in [1.54, 1.807) is 11.8 Å². The maximum atomic E-state index is 13.0. The Hall–Kier alpha value is -2.78. The van der Waals surface area contributed by atoms with Crippen molar-refractivity contribution in [3.63, 3.8) is 0 Å². The second kappa shape index (κ2) is 8.71. The second-order valence-electron chi connectivity index (χ2n) is 7.13. The van der Waals surface area contributed by atoms with Crippen LogP contribution in [0.5, 0.6) is 5.75 Å². The predicted molar refractivity (Wildman–Crippen MR) is 108 cm³/mol. The van der Waals surface area contributed by atoms with Gasteiger partial charge in [-0.05, 0) is 67.5 Å². The van der Waals surface area contributed by atoms with E-state index in [2.05, 4.69) is 25.4 Å². The molecule has 9 heteroatoms. The van der Waals surface area contributed by atoms with Crippen molar-refractivity contribution in [3.05, 3.63) is 46.0 Å². The highest BCUT2D eigenvalue weighted by Gasteiger charge is 2.31. The Bertz CT molecular complexity index is 1020. The summed E-state index contributed by atoms with van der Waals surface area (Å²) in [4.78, 5) is 18.3. The molecule has 0 bridgehead atoms. The summed E-state index contributed by atoms with van der Waals surface area (Å²) in [5, 5.41) is 13.2. The third-order valence-electron chi connectivity index (χ3n) is 5.27. The van der Waals surface area contributed by atoms with Gasteiger partial charge in [0.1, 0.15) is 11.8 Å². The first-order valence-electron chi connectivity index (χ1n) is 10.00. The van der Waals surface area contributed by atoms with E-state index in [0.29, 0.717) is 31.1 Å². The third kappa shape index (κ3) is 4.01. The Morgan fingerprint density at radius 3 is 2.83 bits per heavy atom.